The highest BCUT2D eigenvalue weighted by molar-refractivity contribution is 7.99. The van der Waals surface area contributed by atoms with Gasteiger partial charge in [-0.2, -0.15) is 0 Å². The van der Waals surface area contributed by atoms with Crippen LogP contribution in [0.15, 0.2) is 47.6 Å². The van der Waals surface area contributed by atoms with Crippen molar-refractivity contribution < 1.29 is 9.53 Å². The predicted molar refractivity (Wildman–Crippen MR) is 131 cm³/mol. The van der Waals surface area contributed by atoms with Crippen LogP contribution in [0, 0.1) is 6.92 Å². The van der Waals surface area contributed by atoms with Gasteiger partial charge in [0.05, 0.1) is 22.3 Å². The smallest absolute Gasteiger partial charge is 0.220 e. The molecule has 170 valence electrons. The first-order chi connectivity index (χ1) is 15.5. The van der Waals surface area contributed by atoms with Gasteiger partial charge in [-0.15, -0.1) is 10.2 Å². The molecule has 6 nitrogen and oxygen atoms in total. The highest BCUT2D eigenvalue weighted by atomic mass is 35.5. The highest BCUT2D eigenvalue weighted by Crippen LogP contribution is 2.31. The van der Waals surface area contributed by atoms with Gasteiger partial charge < -0.3 is 10.1 Å². The summed E-state index contributed by atoms with van der Waals surface area (Å²) >= 11 is 14.0. The number of methoxy groups -OCH3 is 1. The number of aryl methyl sites for hydroxylation is 1. The van der Waals surface area contributed by atoms with Crippen molar-refractivity contribution in [3.05, 3.63) is 58.1 Å². The number of ether oxygens (including phenoxy) is 1. The Morgan fingerprint density at radius 3 is 2.59 bits per heavy atom. The number of thioether (sulfide) groups is 1. The number of halogens is 2. The fourth-order valence-corrected chi connectivity index (χ4v) is 4.28. The second-order valence-corrected chi connectivity index (χ2v) is 9.13. The molecular formula is C23H26Cl2N4O2S. The van der Waals surface area contributed by atoms with E-state index in [9.17, 15) is 4.79 Å². The van der Waals surface area contributed by atoms with Crippen LogP contribution in [0.4, 0.5) is 0 Å². The Bertz CT molecular complexity index is 1040. The third-order valence-electron chi connectivity index (χ3n) is 4.76. The van der Waals surface area contributed by atoms with Gasteiger partial charge in [0.1, 0.15) is 0 Å². The lowest BCUT2D eigenvalue weighted by Crippen LogP contribution is -2.26. The quantitative estimate of drug-likeness (QED) is 0.279. The van der Waals surface area contributed by atoms with Crippen molar-refractivity contribution in [1.29, 1.82) is 0 Å². The summed E-state index contributed by atoms with van der Waals surface area (Å²) in [4.78, 5) is 11.8. The lowest BCUT2D eigenvalue weighted by Gasteiger charge is -2.11. The molecule has 1 aromatic heterocycles. The van der Waals surface area contributed by atoms with Crippen molar-refractivity contribution in [2.45, 2.75) is 31.3 Å². The van der Waals surface area contributed by atoms with E-state index in [-0.39, 0.29) is 5.91 Å². The molecule has 0 radical (unpaired) electrons. The van der Waals surface area contributed by atoms with Gasteiger partial charge in [0.25, 0.3) is 0 Å². The molecule has 1 amide bonds. The minimum atomic E-state index is 0.0488. The van der Waals surface area contributed by atoms with Gasteiger partial charge in [-0.1, -0.05) is 64.8 Å². The van der Waals surface area contributed by atoms with Gasteiger partial charge in [-0.3, -0.25) is 9.36 Å². The van der Waals surface area contributed by atoms with E-state index in [0.717, 1.165) is 40.8 Å². The minimum absolute atomic E-state index is 0.0488. The number of nitrogens with zero attached hydrogens (tertiary/aromatic N) is 3. The molecule has 1 heterocycles. The summed E-state index contributed by atoms with van der Waals surface area (Å²) in [6.07, 6.45) is 2.19. The minimum Gasteiger partial charge on any atom is -0.383 e. The standard InChI is InChI=1S/C23H26Cl2N4O2S/c1-16-6-8-17(9-7-16)22-27-28-23(29(22)18-10-11-19(24)20(25)15-18)32-14-4-3-5-21(30)26-12-13-31-2/h6-11,15H,3-5,12-14H2,1-2H3,(H,26,30). The molecule has 0 bridgehead atoms. The molecule has 0 atom stereocenters. The molecule has 32 heavy (non-hydrogen) atoms. The summed E-state index contributed by atoms with van der Waals surface area (Å²) < 4.78 is 6.93. The summed E-state index contributed by atoms with van der Waals surface area (Å²) in [5, 5.41) is 13.5. The Morgan fingerprint density at radius 2 is 1.88 bits per heavy atom. The molecule has 0 unspecified atom stereocenters. The Hall–Kier alpha value is -2.06. The van der Waals surface area contributed by atoms with E-state index in [0.29, 0.717) is 29.6 Å². The van der Waals surface area contributed by atoms with Crippen molar-refractivity contribution in [2.75, 3.05) is 26.0 Å². The first-order valence-electron chi connectivity index (χ1n) is 10.4. The Kier molecular flexibility index (Phi) is 9.41. The first kappa shape index (κ1) is 24.6. The lowest BCUT2D eigenvalue weighted by molar-refractivity contribution is -0.121. The number of unbranched alkanes of at least 4 members (excludes halogenated alkanes) is 1. The van der Waals surface area contributed by atoms with Crippen molar-refractivity contribution in [1.82, 2.24) is 20.1 Å². The van der Waals surface area contributed by atoms with Crippen LogP contribution in [0.2, 0.25) is 10.0 Å². The fraction of sp³-hybridized carbons (Fsp3) is 0.348. The summed E-state index contributed by atoms with van der Waals surface area (Å²) in [5.41, 5.74) is 2.99. The zero-order valence-corrected chi connectivity index (χ0v) is 20.4. The van der Waals surface area contributed by atoms with Crippen LogP contribution >= 0.6 is 35.0 Å². The van der Waals surface area contributed by atoms with E-state index < -0.39 is 0 Å². The molecule has 0 saturated carbocycles. The van der Waals surface area contributed by atoms with Gasteiger partial charge in [-0.25, -0.2) is 0 Å². The SMILES string of the molecule is COCCNC(=O)CCCCSc1nnc(-c2ccc(C)cc2)n1-c1ccc(Cl)c(Cl)c1. The van der Waals surface area contributed by atoms with Crippen LogP contribution in [0.1, 0.15) is 24.8 Å². The van der Waals surface area contributed by atoms with Crippen LogP contribution in [0.3, 0.4) is 0 Å². The molecule has 3 rings (SSSR count). The number of carbonyl (C=O) groups excluding carboxylic acids is 1. The number of hydrogen-bond donors (Lipinski definition) is 1. The maximum atomic E-state index is 11.8. The highest BCUT2D eigenvalue weighted by Gasteiger charge is 2.17. The monoisotopic (exact) mass is 492 g/mol. The molecule has 0 aliphatic heterocycles. The molecule has 0 aliphatic rings. The van der Waals surface area contributed by atoms with Crippen molar-refractivity contribution in [3.8, 4) is 17.1 Å². The molecule has 3 aromatic rings. The van der Waals surface area contributed by atoms with Gasteiger partial charge in [0, 0.05) is 31.4 Å². The van der Waals surface area contributed by atoms with Crippen LogP contribution in [-0.4, -0.2) is 46.7 Å². The van der Waals surface area contributed by atoms with Crippen LogP contribution in [0.25, 0.3) is 17.1 Å². The van der Waals surface area contributed by atoms with Gasteiger partial charge in [-0.05, 0) is 38.0 Å². The van der Waals surface area contributed by atoms with E-state index >= 15 is 0 Å². The number of carbonyl (C=O) groups is 1. The van der Waals surface area contributed by atoms with Crippen LogP contribution in [-0.2, 0) is 9.53 Å². The normalized spacial score (nSPS) is 11.0. The second-order valence-electron chi connectivity index (χ2n) is 7.25. The number of aromatic nitrogens is 3. The molecule has 0 aliphatic carbocycles. The Labute approximate surface area is 202 Å². The number of nitrogens with one attached hydrogen (secondary N) is 1. The number of benzene rings is 2. The Morgan fingerprint density at radius 1 is 1.09 bits per heavy atom. The molecular weight excluding hydrogens is 467 g/mol. The third-order valence-corrected chi connectivity index (χ3v) is 6.52. The largest absolute Gasteiger partial charge is 0.383 e. The van der Waals surface area contributed by atoms with Gasteiger partial charge >= 0.3 is 0 Å². The molecule has 1 N–H and O–H groups in total. The van der Waals surface area contributed by atoms with E-state index in [4.69, 9.17) is 27.9 Å². The summed E-state index contributed by atoms with van der Waals surface area (Å²) in [6.45, 7) is 3.11. The van der Waals surface area contributed by atoms with Crippen LogP contribution in [0.5, 0.6) is 0 Å². The van der Waals surface area contributed by atoms with Crippen molar-refractivity contribution in [2.24, 2.45) is 0 Å². The maximum absolute atomic E-state index is 11.8. The zero-order chi connectivity index (χ0) is 22.9. The maximum Gasteiger partial charge on any atom is 0.220 e. The second kappa shape index (κ2) is 12.3. The summed E-state index contributed by atoms with van der Waals surface area (Å²) in [6, 6.07) is 13.7. The molecule has 9 heteroatoms. The predicted octanol–water partition coefficient (Wildman–Crippen LogP) is 5.57. The lowest BCUT2D eigenvalue weighted by atomic mass is 10.1. The van der Waals surface area contributed by atoms with Gasteiger partial charge in [0.15, 0.2) is 11.0 Å². The fourth-order valence-electron chi connectivity index (χ4n) is 3.04. The van der Waals surface area contributed by atoms with E-state index in [1.54, 1.807) is 24.9 Å². The molecule has 2 aromatic carbocycles. The van der Waals surface area contributed by atoms with Crippen LogP contribution < -0.4 is 5.32 Å². The van der Waals surface area contributed by atoms with E-state index in [1.165, 1.54) is 5.56 Å². The summed E-state index contributed by atoms with van der Waals surface area (Å²) in [5.74, 6) is 1.61. The van der Waals surface area contributed by atoms with Crippen molar-refractivity contribution >= 4 is 40.9 Å². The number of amides is 1. The zero-order valence-electron chi connectivity index (χ0n) is 18.1. The third kappa shape index (κ3) is 6.72. The van der Waals surface area contributed by atoms with E-state index in [1.807, 2.05) is 47.9 Å². The number of rotatable bonds is 11. The topological polar surface area (TPSA) is 69.0 Å². The van der Waals surface area contributed by atoms with Gasteiger partial charge in [0.2, 0.25) is 5.91 Å². The molecule has 0 saturated heterocycles. The average Bonchev–Trinajstić information content (AvgIpc) is 3.20. The molecule has 0 fully saturated rings. The first-order valence-corrected chi connectivity index (χ1v) is 12.1. The van der Waals surface area contributed by atoms with E-state index in [2.05, 4.69) is 15.5 Å². The average molecular weight is 493 g/mol. The van der Waals surface area contributed by atoms with Crippen molar-refractivity contribution in [3.63, 3.8) is 0 Å². The molecule has 0 spiro atoms. The number of hydrogen-bond acceptors (Lipinski definition) is 5. The Balaban J connectivity index is 1.71. The summed E-state index contributed by atoms with van der Waals surface area (Å²) in [7, 11) is 1.62.